The molecule has 0 aliphatic carbocycles. The maximum absolute atomic E-state index is 12.4. The van der Waals surface area contributed by atoms with Crippen molar-refractivity contribution in [3.05, 3.63) is 78.6 Å². The Balaban J connectivity index is 1.37. The maximum atomic E-state index is 12.4. The summed E-state index contributed by atoms with van der Waals surface area (Å²) in [4.78, 5) is 19.1. The smallest absolute Gasteiger partial charge is 0.274 e. The second kappa shape index (κ2) is 7.91. The van der Waals surface area contributed by atoms with Crippen LogP contribution in [0.5, 0.6) is 0 Å². The average Bonchev–Trinajstić information content (AvgIpc) is 3.25. The monoisotopic (exact) mass is 358 g/mol. The van der Waals surface area contributed by atoms with Crippen molar-refractivity contribution in [2.75, 3.05) is 28.6 Å². The van der Waals surface area contributed by atoms with Gasteiger partial charge in [-0.1, -0.05) is 18.2 Å². The number of nitrogens with zero attached hydrogens (tertiary/aromatic N) is 2. The Labute approximate surface area is 159 Å². The molecule has 1 saturated heterocycles. The molecule has 0 atom stereocenters. The summed E-state index contributed by atoms with van der Waals surface area (Å²) in [6.45, 7) is 2.22. The third kappa shape index (κ3) is 4.26. The summed E-state index contributed by atoms with van der Waals surface area (Å²) in [6, 6.07) is 21.4. The quantitative estimate of drug-likeness (QED) is 0.695. The fourth-order valence-corrected chi connectivity index (χ4v) is 3.22. The number of rotatable bonds is 5. The highest BCUT2D eigenvalue weighted by molar-refractivity contribution is 6.03. The number of aromatic nitrogens is 1. The lowest BCUT2D eigenvalue weighted by molar-refractivity contribution is 0.102. The first-order chi connectivity index (χ1) is 13.3. The highest BCUT2D eigenvalue weighted by Gasteiger charge is 2.12. The largest absolute Gasteiger partial charge is 0.372 e. The lowest BCUT2D eigenvalue weighted by Crippen LogP contribution is -2.17. The molecule has 2 N–H and O–H groups in total. The van der Waals surface area contributed by atoms with Crippen LogP contribution in [0, 0.1) is 0 Å². The van der Waals surface area contributed by atoms with Crippen LogP contribution >= 0.6 is 0 Å². The van der Waals surface area contributed by atoms with Gasteiger partial charge in [0, 0.05) is 30.2 Å². The third-order valence-corrected chi connectivity index (χ3v) is 4.65. The van der Waals surface area contributed by atoms with Gasteiger partial charge in [-0.25, -0.2) is 4.98 Å². The van der Waals surface area contributed by atoms with Crippen molar-refractivity contribution in [1.82, 2.24) is 4.98 Å². The van der Waals surface area contributed by atoms with Crippen LogP contribution in [-0.2, 0) is 0 Å². The van der Waals surface area contributed by atoms with Crippen LogP contribution in [0.1, 0.15) is 23.3 Å². The number of carbonyl (C=O) groups excluding carboxylic acids is 1. The normalized spacial score (nSPS) is 13.4. The van der Waals surface area contributed by atoms with Gasteiger partial charge in [0.15, 0.2) is 0 Å². The molecule has 0 radical (unpaired) electrons. The molecule has 1 amide bonds. The summed E-state index contributed by atoms with van der Waals surface area (Å²) in [5.74, 6) is -0.213. The van der Waals surface area contributed by atoms with E-state index in [0.29, 0.717) is 5.69 Å². The lowest BCUT2D eigenvalue weighted by atomic mass is 10.2. The number of hydrogen-bond acceptors (Lipinski definition) is 4. The molecule has 1 aliphatic rings. The van der Waals surface area contributed by atoms with Crippen molar-refractivity contribution in [2.24, 2.45) is 0 Å². The van der Waals surface area contributed by atoms with Gasteiger partial charge in [-0.2, -0.15) is 0 Å². The van der Waals surface area contributed by atoms with Crippen LogP contribution < -0.4 is 15.5 Å². The molecular weight excluding hydrogens is 336 g/mol. The summed E-state index contributed by atoms with van der Waals surface area (Å²) in [6.07, 6.45) is 4.16. The lowest BCUT2D eigenvalue weighted by Gasteiger charge is -2.17. The number of amides is 1. The number of carbonyl (C=O) groups is 1. The number of anilines is 4. The molecule has 2 heterocycles. The summed E-state index contributed by atoms with van der Waals surface area (Å²) in [7, 11) is 0. The summed E-state index contributed by atoms with van der Waals surface area (Å²) < 4.78 is 0. The zero-order valence-corrected chi connectivity index (χ0v) is 15.1. The first kappa shape index (κ1) is 17.1. The van der Waals surface area contributed by atoms with Gasteiger partial charge in [0.2, 0.25) is 0 Å². The molecule has 2 aromatic carbocycles. The molecule has 1 fully saturated rings. The van der Waals surface area contributed by atoms with E-state index in [9.17, 15) is 4.79 Å². The van der Waals surface area contributed by atoms with E-state index in [1.807, 2.05) is 48.5 Å². The Hall–Kier alpha value is -3.34. The average molecular weight is 358 g/mol. The Morgan fingerprint density at radius 2 is 1.52 bits per heavy atom. The van der Waals surface area contributed by atoms with Crippen molar-refractivity contribution < 1.29 is 4.79 Å². The van der Waals surface area contributed by atoms with Gasteiger partial charge < -0.3 is 15.5 Å². The van der Waals surface area contributed by atoms with Gasteiger partial charge in [-0.15, -0.1) is 0 Å². The van der Waals surface area contributed by atoms with E-state index in [-0.39, 0.29) is 5.91 Å². The molecule has 3 aromatic rings. The zero-order valence-electron chi connectivity index (χ0n) is 15.1. The standard InChI is InChI=1S/C22H22N4O/c27-22(25-18-8-11-20(12-9-18)26-14-4-5-15-26)21-13-10-19(16-23-21)24-17-6-2-1-3-7-17/h1-3,6-13,16,24H,4-5,14-15H2,(H,25,27). The fraction of sp³-hybridized carbons (Fsp3) is 0.182. The van der Waals surface area contributed by atoms with E-state index < -0.39 is 0 Å². The van der Waals surface area contributed by atoms with Crippen molar-refractivity contribution in [2.45, 2.75) is 12.8 Å². The topological polar surface area (TPSA) is 57.3 Å². The molecule has 0 spiro atoms. The summed E-state index contributed by atoms with van der Waals surface area (Å²) >= 11 is 0. The third-order valence-electron chi connectivity index (χ3n) is 4.65. The van der Waals surface area contributed by atoms with Gasteiger partial charge in [0.25, 0.3) is 5.91 Å². The van der Waals surface area contributed by atoms with Crippen LogP contribution in [0.3, 0.4) is 0 Å². The molecule has 0 saturated carbocycles. The molecule has 1 aromatic heterocycles. The van der Waals surface area contributed by atoms with Crippen molar-refractivity contribution >= 4 is 28.7 Å². The first-order valence-electron chi connectivity index (χ1n) is 9.22. The van der Waals surface area contributed by atoms with Crippen molar-refractivity contribution in [3.63, 3.8) is 0 Å². The Morgan fingerprint density at radius 1 is 0.815 bits per heavy atom. The molecule has 27 heavy (non-hydrogen) atoms. The molecule has 5 nitrogen and oxygen atoms in total. The second-order valence-corrected chi connectivity index (χ2v) is 6.62. The zero-order chi connectivity index (χ0) is 18.5. The van der Waals surface area contributed by atoms with Crippen molar-refractivity contribution in [3.8, 4) is 0 Å². The first-order valence-corrected chi connectivity index (χ1v) is 9.22. The Kier molecular flexibility index (Phi) is 5.01. The molecule has 0 unspecified atom stereocenters. The maximum Gasteiger partial charge on any atom is 0.274 e. The molecule has 136 valence electrons. The highest BCUT2D eigenvalue weighted by atomic mass is 16.1. The van der Waals surface area contributed by atoms with Crippen LogP contribution in [0.25, 0.3) is 0 Å². The number of pyridine rings is 1. The van der Waals surface area contributed by atoms with Crippen LogP contribution in [-0.4, -0.2) is 24.0 Å². The number of benzene rings is 2. The summed E-state index contributed by atoms with van der Waals surface area (Å²) in [5, 5.41) is 6.16. The molecule has 5 heteroatoms. The molecular formula is C22H22N4O. The Bertz CT molecular complexity index is 886. The number of para-hydroxylation sites is 1. The van der Waals surface area contributed by atoms with Gasteiger partial charge in [-0.3, -0.25) is 4.79 Å². The SMILES string of the molecule is O=C(Nc1ccc(N2CCCC2)cc1)c1ccc(Nc2ccccc2)cn1. The van der Waals surface area contributed by atoms with Crippen molar-refractivity contribution in [1.29, 1.82) is 0 Å². The molecule has 4 rings (SSSR count). The predicted molar refractivity (Wildman–Crippen MR) is 110 cm³/mol. The van der Waals surface area contributed by atoms with E-state index in [1.165, 1.54) is 18.5 Å². The predicted octanol–water partition coefficient (Wildman–Crippen LogP) is 4.68. The van der Waals surface area contributed by atoms with E-state index in [4.69, 9.17) is 0 Å². The molecule has 0 bridgehead atoms. The second-order valence-electron chi connectivity index (χ2n) is 6.62. The minimum atomic E-state index is -0.213. The van der Waals surface area contributed by atoms with E-state index >= 15 is 0 Å². The van der Waals surface area contributed by atoms with Crippen LogP contribution in [0.4, 0.5) is 22.7 Å². The number of hydrogen-bond donors (Lipinski definition) is 2. The van der Waals surface area contributed by atoms with Gasteiger partial charge in [0.1, 0.15) is 5.69 Å². The minimum absolute atomic E-state index is 0.213. The van der Waals surface area contributed by atoms with Gasteiger partial charge >= 0.3 is 0 Å². The number of nitrogens with one attached hydrogen (secondary N) is 2. The van der Waals surface area contributed by atoms with E-state index in [0.717, 1.165) is 30.2 Å². The fourth-order valence-electron chi connectivity index (χ4n) is 3.22. The Morgan fingerprint density at radius 3 is 2.19 bits per heavy atom. The van der Waals surface area contributed by atoms with E-state index in [2.05, 4.69) is 32.7 Å². The minimum Gasteiger partial charge on any atom is -0.372 e. The summed E-state index contributed by atoms with van der Waals surface area (Å²) in [5.41, 5.74) is 4.19. The van der Waals surface area contributed by atoms with Crippen LogP contribution in [0.2, 0.25) is 0 Å². The molecule has 1 aliphatic heterocycles. The van der Waals surface area contributed by atoms with Gasteiger partial charge in [0.05, 0.1) is 11.9 Å². The van der Waals surface area contributed by atoms with E-state index in [1.54, 1.807) is 12.3 Å². The highest BCUT2D eigenvalue weighted by Crippen LogP contribution is 2.22. The van der Waals surface area contributed by atoms with Crippen LogP contribution in [0.15, 0.2) is 72.9 Å². The van der Waals surface area contributed by atoms with Gasteiger partial charge in [-0.05, 0) is 61.4 Å².